The Hall–Kier alpha value is -1.48. The minimum atomic E-state index is -0.878. The highest BCUT2D eigenvalue weighted by molar-refractivity contribution is 6.35. The Morgan fingerprint density at radius 2 is 2.27 bits per heavy atom. The number of hydrogen-bond donors (Lipinski definition) is 1. The van der Waals surface area contributed by atoms with Crippen molar-refractivity contribution >= 4 is 28.5 Å². The summed E-state index contributed by atoms with van der Waals surface area (Å²) in [4.78, 5) is 10.6. The summed E-state index contributed by atoms with van der Waals surface area (Å²) in [5.74, 6) is -0.878. The van der Waals surface area contributed by atoms with Gasteiger partial charge in [-0.25, -0.2) is 0 Å². The van der Waals surface area contributed by atoms with E-state index in [9.17, 15) is 4.79 Å². The molecule has 78 valence electrons. The fourth-order valence-corrected chi connectivity index (χ4v) is 1.85. The number of aryl methyl sites for hydroxylation is 1. The first-order valence-electron chi connectivity index (χ1n) is 4.46. The smallest absolute Gasteiger partial charge is 0.307 e. The maximum Gasteiger partial charge on any atom is 0.307 e. The van der Waals surface area contributed by atoms with E-state index in [4.69, 9.17) is 21.1 Å². The van der Waals surface area contributed by atoms with Crippen molar-refractivity contribution in [3.63, 3.8) is 0 Å². The summed E-state index contributed by atoms with van der Waals surface area (Å²) in [6.07, 6.45) is 1.41. The number of halogens is 1. The third kappa shape index (κ3) is 1.70. The van der Waals surface area contributed by atoms with E-state index in [1.807, 2.05) is 13.0 Å². The van der Waals surface area contributed by atoms with Crippen molar-refractivity contribution in [1.82, 2.24) is 0 Å². The Labute approximate surface area is 91.3 Å². The highest BCUT2D eigenvalue weighted by Crippen LogP contribution is 2.30. The van der Waals surface area contributed by atoms with Crippen molar-refractivity contribution in [2.24, 2.45) is 0 Å². The van der Waals surface area contributed by atoms with E-state index >= 15 is 0 Å². The lowest BCUT2D eigenvalue weighted by atomic mass is 10.1. The van der Waals surface area contributed by atoms with Crippen molar-refractivity contribution in [2.45, 2.75) is 13.3 Å². The number of hydrogen-bond acceptors (Lipinski definition) is 2. The fourth-order valence-electron chi connectivity index (χ4n) is 1.65. The molecule has 1 heterocycles. The molecule has 1 N–H and O–H groups in total. The standard InChI is InChI=1S/C11H9ClO3/c1-6-2-3-8(12)11-10(6)7(5-15-11)4-9(13)14/h2-3,5H,4H2,1H3,(H,13,14). The summed E-state index contributed by atoms with van der Waals surface area (Å²) < 4.78 is 5.27. The van der Waals surface area contributed by atoms with Crippen LogP contribution >= 0.6 is 11.6 Å². The number of carboxylic acid groups (broad SMARTS) is 1. The zero-order valence-electron chi connectivity index (χ0n) is 8.08. The van der Waals surface area contributed by atoms with E-state index in [0.29, 0.717) is 16.2 Å². The Bertz CT molecular complexity index is 528. The summed E-state index contributed by atoms with van der Waals surface area (Å²) in [7, 11) is 0. The van der Waals surface area contributed by atoms with E-state index in [0.717, 1.165) is 10.9 Å². The first-order chi connectivity index (χ1) is 7.09. The Morgan fingerprint density at radius 1 is 1.53 bits per heavy atom. The lowest BCUT2D eigenvalue weighted by Crippen LogP contribution is -1.99. The lowest BCUT2D eigenvalue weighted by Gasteiger charge is -1.99. The molecule has 0 saturated heterocycles. The van der Waals surface area contributed by atoms with Gasteiger partial charge < -0.3 is 9.52 Å². The molecule has 0 amide bonds. The van der Waals surface area contributed by atoms with Crippen LogP contribution in [0.2, 0.25) is 5.02 Å². The van der Waals surface area contributed by atoms with Gasteiger partial charge in [-0.3, -0.25) is 4.79 Å². The second-order valence-electron chi connectivity index (χ2n) is 3.40. The predicted molar refractivity (Wildman–Crippen MR) is 57.3 cm³/mol. The van der Waals surface area contributed by atoms with Gasteiger partial charge in [-0.2, -0.15) is 0 Å². The molecule has 0 unspecified atom stereocenters. The van der Waals surface area contributed by atoms with Crippen LogP contribution in [0, 0.1) is 6.92 Å². The van der Waals surface area contributed by atoms with Crippen LogP contribution in [0.15, 0.2) is 22.8 Å². The summed E-state index contributed by atoms with van der Waals surface area (Å²) >= 11 is 5.94. The number of furan rings is 1. The predicted octanol–water partition coefficient (Wildman–Crippen LogP) is 3.02. The van der Waals surface area contributed by atoms with Crippen LogP contribution in [-0.4, -0.2) is 11.1 Å². The normalized spacial score (nSPS) is 10.8. The average Bonchev–Trinajstić information content (AvgIpc) is 2.56. The molecule has 0 radical (unpaired) electrons. The third-order valence-corrected chi connectivity index (χ3v) is 2.60. The van der Waals surface area contributed by atoms with Gasteiger partial charge in [0.2, 0.25) is 0 Å². The molecule has 0 bridgehead atoms. The summed E-state index contributed by atoms with van der Waals surface area (Å²) in [6.45, 7) is 1.90. The molecule has 4 heteroatoms. The number of aliphatic carboxylic acids is 1. The monoisotopic (exact) mass is 224 g/mol. The Kier molecular flexibility index (Phi) is 2.40. The fraction of sp³-hybridized carbons (Fsp3) is 0.182. The van der Waals surface area contributed by atoms with Crippen LogP contribution < -0.4 is 0 Å². The zero-order valence-corrected chi connectivity index (χ0v) is 8.84. The van der Waals surface area contributed by atoms with Crippen LogP contribution in [0.1, 0.15) is 11.1 Å². The van der Waals surface area contributed by atoms with E-state index in [2.05, 4.69) is 0 Å². The van der Waals surface area contributed by atoms with Gasteiger partial charge in [0.25, 0.3) is 0 Å². The SMILES string of the molecule is Cc1ccc(Cl)c2occ(CC(=O)O)c12. The second-order valence-corrected chi connectivity index (χ2v) is 3.81. The van der Waals surface area contributed by atoms with Gasteiger partial charge in [-0.15, -0.1) is 0 Å². The quantitative estimate of drug-likeness (QED) is 0.853. The van der Waals surface area contributed by atoms with Crippen LogP contribution in [0.25, 0.3) is 11.0 Å². The number of carbonyl (C=O) groups is 1. The zero-order chi connectivity index (χ0) is 11.0. The summed E-state index contributed by atoms with van der Waals surface area (Å²) in [6, 6.07) is 3.60. The van der Waals surface area contributed by atoms with Crippen molar-refractivity contribution in [2.75, 3.05) is 0 Å². The van der Waals surface area contributed by atoms with E-state index in [1.54, 1.807) is 6.07 Å². The molecule has 3 nitrogen and oxygen atoms in total. The van der Waals surface area contributed by atoms with Crippen molar-refractivity contribution in [1.29, 1.82) is 0 Å². The van der Waals surface area contributed by atoms with Crippen LogP contribution in [-0.2, 0) is 11.2 Å². The first kappa shape index (κ1) is 10.1. The van der Waals surface area contributed by atoms with Crippen molar-refractivity contribution in [3.8, 4) is 0 Å². The van der Waals surface area contributed by atoms with Gasteiger partial charge >= 0.3 is 5.97 Å². The summed E-state index contributed by atoms with van der Waals surface area (Å²) in [5, 5.41) is 10.0. The van der Waals surface area contributed by atoms with Gasteiger partial charge in [0, 0.05) is 10.9 Å². The molecule has 0 aliphatic heterocycles. The number of fused-ring (bicyclic) bond motifs is 1. The Morgan fingerprint density at radius 3 is 2.93 bits per heavy atom. The maximum atomic E-state index is 10.6. The highest BCUT2D eigenvalue weighted by atomic mass is 35.5. The molecular formula is C11H9ClO3. The molecule has 0 fully saturated rings. The molecule has 0 atom stereocenters. The van der Waals surface area contributed by atoms with Crippen LogP contribution in [0.5, 0.6) is 0 Å². The number of benzene rings is 1. The molecule has 1 aromatic carbocycles. The molecule has 1 aromatic heterocycles. The molecule has 0 aliphatic rings. The van der Waals surface area contributed by atoms with Gasteiger partial charge in [0.05, 0.1) is 17.7 Å². The van der Waals surface area contributed by atoms with Gasteiger partial charge in [0.15, 0.2) is 5.58 Å². The number of rotatable bonds is 2. The molecule has 2 aromatic rings. The minimum Gasteiger partial charge on any atom is -0.481 e. The number of carboxylic acids is 1. The largest absolute Gasteiger partial charge is 0.481 e. The van der Waals surface area contributed by atoms with E-state index in [1.165, 1.54) is 6.26 Å². The van der Waals surface area contributed by atoms with Gasteiger partial charge in [0.1, 0.15) is 0 Å². The average molecular weight is 225 g/mol. The maximum absolute atomic E-state index is 10.6. The second kappa shape index (κ2) is 3.59. The van der Waals surface area contributed by atoms with Gasteiger partial charge in [-0.1, -0.05) is 17.7 Å². The topological polar surface area (TPSA) is 50.4 Å². The van der Waals surface area contributed by atoms with Crippen molar-refractivity contribution in [3.05, 3.63) is 34.5 Å². The van der Waals surface area contributed by atoms with Crippen LogP contribution in [0.4, 0.5) is 0 Å². The Balaban J connectivity index is 2.67. The van der Waals surface area contributed by atoms with Gasteiger partial charge in [-0.05, 0) is 18.6 Å². The first-order valence-corrected chi connectivity index (χ1v) is 4.84. The molecule has 2 rings (SSSR count). The summed E-state index contributed by atoms with van der Waals surface area (Å²) in [5.41, 5.74) is 2.20. The molecular weight excluding hydrogens is 216 g/mol. The molecule has 0 spiro atoms. The minimum absolute atomic E-state index is 0.0474. The van der Waals surface area contributed by atoms with E-state index in [-0.39, 0.29) is 6.42 Å². The molecule has 0 saturated carbocycles. The van der Waals surface area contributed by atoms with Crippen molar-refractivity contribution < 1.29 is 14.3 Å². The highest BCUT2D eigenvalue weighted by Gasteiger charge is 2.13. The van der Waals surface area contributed by atoms with E-state index < -0.39 is 5.97 Å². The van der Waals surface area contributed by atoms with Crippen LogP contribution in [0.3, 0.4) is 0 Å². The lowest BCUT2D eigenvalue weighted by molar-refractivity contribution is -0.136. The molecule has 15 heavy (non-hydrogen) atoms. The third-order valence-electron chi connectivity index (χ3n) is 2.30. The molecule has 0 aliphatic carbocycles.